The van der Waals surface area contributed by atoms with E-state index in [1.54, 1.807) is 0 Å². The molecule has 1 rings (SSSR count). The average Bonchev–Trinajstić information content (AvgIpc) is 2.71. The maximum Gasteiger partial charge on any atom is 0.231 e. The highest BCUT2D eigenvalue weighted by atomic mass is 16.5. The van der Waals surface area contributed by atoms with Crippen LogP contribution in [0.25, 0.3) is 0 Å². The van der Waals surface area contributed by atoms with E-state index in [0.29, 0.717) is 18.3 Å². The molecule has 0 spiro atoms. The van der Waals surface area contributed by atoms with Gasteiger partial charge in [-0.05, 0) is 19.3 Å². The SMILES string of the molecule is CCOC(c1noc(C(C)C(C)N)n1)C(C)(C)C. The van der Waals surface area contributed by atoms with E-state index in [0.717, 1.165) is 0 Å². The van der Waals surface area contributed by atoms with Crippen molar-refractivity contribution in [3.8, 4) is 0 Å². The predicted octanol–water partition coefficient (Wildman–Crippen LogP) is 2.64. The third kappa shape index (κ3) is 3.53. The number of ether oxygens (including phenoxy) is 1. The fourth-order valence-electron chi connectivity index (χ4n) is 1.64. The van der Waals surface area contributed by atoms with Gasteiger partial charge < -0.3 is 15.0 Å². The minimum Gasteiger partial charge on any atom is -0.370 e. The van der Waals surface area contributed by atoms with Crippen LogP contribution < -0.4 is 5.73 Å². The smallest absolute Gasteiger partial charge is 0.231 e. The second kappa shape index (κ2) is 5.80. The third-order valence-electron chi connectivity index (χ3n) is 2.99. The first kappa shape index (κ1) is 15.1. The summed E-state index contributed by atoms with van der Waals surface area (Å²) in [6, 6.07) is -0.0153. The molecule has 5 nitrogen and oxygen atoms in total. The Bertz CT molecular complexity index is 369. The zero-order valence-corrected chi connectivity index (χ0v) is 12.2. The van der Waals surface area contributed by atoms with E-state index in [1.807, 2.05) is 20.8 Å². The highest BCUT2D eigenvalue weighted by Gasteiger charge is 2.32. The Morgan fingerprint density at radius 1 is 1.33 bits per heavy atom. The number of hydrogen-bond acceptors (Lipinski definition) is 5. The maximum atomic E-state index is 5.84. The quantitative estimate of drug-likeness (QED) is 0.875. The van der Waals surface area contributed by atoms with Crippen LogP contribution in [-0.2, 0) is 4.74 Å². The molecule has 0 aliphatic carbocycles. The highest BCUT2D eigenvalue weighted by Crippen LogP contribution is 2.35. The van der Waals surface area contributed by atoms with Gasteiger partial charge >= 0.3 is 0 Å². The van der Waals surface area contributed by atoms with E-state index in [4.69, 9.17) is 15.0 Å². The summed E-state index contributed by atoms with van der Waals surface area (Å²) in [6.07, 6.45) is -0.166. The molecule has 1 heterocycles. The molecule has 5 heteroatoms. The van der Waals surface area contributed by atoms with Gasteiger partial charge in [-0.1, -0.05) is 32.9 Å². The first-order valence-electron chi connectivity index (χ1n) is 6.48. The number of nitrogens with two attached hydrogens (primary N) is 1. The molecule has 104 valence electrons. The fourth-order valence-corrected chi connectivity index (χ4v) is 1.64. The summed E-state index contributed by atoms with van der Waals surface area (Å²) < 4.78 is 11.0. The Balaban J connectivity index is 2.95. The van der Waals surface area contributed by atoms with Crippen molar-refractivity contribution in [1.82, 2.24) is 10.1 Å². The first-order chi connectivity index (χ1) is 8.27. The topological polar surface area (TPSA) is 74.2 Å². The second-order valence-electron chi connectivity index (χ2n) is 5.84. The molecule has 0 saturated heterocycles. The van der Waals surface area contributed by atoms with Crippen molar-refractivity contribution in [2.45, 2.75) is 59.6 Å². The van der Waals surface area contributed by atoms with Gasteiger partial charge in [0.1, 0.15) is 6.10 Å². The Morgan fingerprint density at radius 3 is 2.39 bits per heavy atom. The summed E-state index contributed by atoms with van der Waals surface area (Å²) in [5, 5.41) is 4.04. The lowest BCUT2D eigenvalue weighted by Gasteiger charge is -2.27. The van der Waals surface area contributed by atoms with Gasteiger partial charge in [0.15, 0.2) is 0 Å². The minimum absolute atomic E-state index is 0.0153. The molecule has 0 saturated carbocycles. The van der Waals surface area contributed by atoms with Gasteiger partial charge in [-0.15, -0.1) is 0 Å². The van der Waals surface area contributed by atoms with Gasteiger partial charge in [0, 0.05) is 12.6 Å². The average molecular weight is 255 g/mol. The molecule has 0 bridgehead atoms. The lowest BCUT2D eigenvalue weighted by atomic mass is 9.88. The van der Waals surface area contributed by atoms with Gasteiger partial charge in [-0.2, -0.15) is 4.98 Å². The molecule has 3 atom stereocenters. The minimum atomic E-state index is -0.166. The van der Waals surface area contributed by atoms with Crippen molar-refractivity contribution >= 4 is 0 Å². The van der Waals surface area contributed by atoms with Crippen LogP contribution in [0.1, 0.15) is 65.3 Å². The van der Waals surface area contributed by atoms with Crippen molar-refractivity contribution < 1.29 is 9.26 Å². The summed E-state index contributed by atoms with van der Waals surface area (Å²) in [5.41, 5.74) is 5.76. The number of nitrogens with zero attached hydrogens (tertiary/aromatic N) is 2. The van der Waals surface area contributed by atoms with Crippen LogP contribution in [0.4, 0.5) is 0 Å². The van der Waals surface area contributed by atoms with Crippen molar-refractivity contribution in [3.05, 3.63) is 11.7 Å². The Morgan fingerprint density at radius 2 is 1.94 bits per heavy atom. The monoisotopic (exact) mass is 255 g/mol. The van der Waals surface area contributed by atoms with Crippen LogP contribution in [0.15, 0.2) is 4.52 Å². The Kier molecular flexibility index (Phi) is 4.87. The molecule has 1 aromatic rings. The van der Waals surface area contributed by atoms with Gasteiger partial charge in [0.05, 0.1) is 5.92 Å². The van der Waals surface area contributed by atoms with E-state index in [2.05, 4.69) is 30.9 Å². The van der Waals surface area contributed by atoms with Crippen LogP contribution in [0.2, 0.25) is 0 Å². The molecular weight excluding hydrogens is 230 g/mol. The highest BCUT2D eigenvalue weighted by molar-refractivity contribution is 5.00. The van der Waals surface area contributed by atoms with Crippen LogP contribution >= 0.6 is 0 Å². The zero-order valence-electron chi connectivity index (χ0n) is 12.2. The molecule has 0 aliphatic rings. The van der Waals surface area contributed by atoms with Crippen molar-refractivity contribution in [3.63, 3.8) is 0 Å². The van der Waals surface area contributed by atoms with Gasteiger partial charge in [0.2, 0.25) is 11.7 Å². The molecule has 1 aromatic heterocycles. The lowest BCUT2D eigenvalue weighted by molar-refractivity contribution is -0.0203. The van der Waals surface area contributed by atoms with E-state index >= 15 is 0 Å². The van der Waals surface area contributed by atoms with Gasteiger partial charge in [-0.25, -0.2) is 0 Å². The van der Waals surface area contributed by atoms with Crippen LogP contribution in [0, 0.1) is 5.41 Å². The van der Waals surface area contributed by atoms with Crippen molar-refractivity contribution in [2.24, 2.45) is 11.1 Å². The number of aromatic nitrogens is 2. The van der Waals surface area contributed by atoms with Gasteiger partial charge in [-0.3, -0.25) is 0 Å². The molecule has 0 amide bonds. The zero-order chi connectivity index (χ0) is 13.9. The molecular formula is C13H25N3O2. The van der Waals surface area contributed by atoms with E-state index in [-0.39, 0.29) is 23.5 Å². The number of hydrogen-bond donors (Lipinski definition) is 1. The van der Waals surface area contributed by atoms with Crippen molar-refractivity contribution in [2.75, 3.05) is 6.61 Å². The molecule has 3 unspecified atom stereocenters. The summed E-state index contributed by atoms with van der Waals surface area (Å²) in [6.45, 7) is 12.8. The maximum absolute atomic E-state index is 5.84. The predicted molar refractivity (Wildman–Crippen MR) is 70.2 cm³/mol. The van der Waals surface area contributed by atoms with Crippen LogP contribution in [0.3, 0.4) is 0 Å². The standard InChI is InChI=1S/C13H25N3O2/c1-7-17-10(13(4,5)6)11-15-12(18-16-11)8(2)9(3)14/h8-10H,7,14H2,1-6H3. The van der Waals surface area contributed by atoms with E-state index < -0.39 is 0 Å². The van der Waals surface area contributed by atoms with E-state index in [1.165, 1.54) is 0 Å². The van der Waals surface area contributed by atoms with E-state index in [9.17, 15) is 0 Å². The molecule has 2 N–H and O–H groups in total. The van der Waals surface area contributed by atoms with Crippen molar-refractivity contribution in [1.29, 1.82) is 0 Å². The third-order valence-corrected chi connectivity index (χ3v) is 2.99. The molecule has 18 heavy (non-hydrogen) atoms. The lowest BCUT2D eigenvalue weighted by Crippen LogP contribution is -2.24. The van der Waals surface area contributed by atoms with Crippen LogP contribution in [-0.4, -0.2) is 22.8 Å². The Hall–Kier alpha value is -0.940. The molecule has 0 aromatic carbocycles. The normalized spacial score (nSPS) is 17.5. The largest absolute Gasteiger partial charge is 0.370 e. The fraction of sp³-hybridized carbons (Fsp3) is 0.846. The molecule has 0 radical (unpaired) electrons. The van der Waals surface area contributed by atoms with Crippen LogP contribution in [0.5, 0.6) is 0 Å². The second-order valence-corrected chi connectivity index (χ2v) is 5.84. The summed E-state index contributed by atoms with van der Waals surface area (Å²) in [7, 11) is 0. The molecule has 0 aliphatic heterocycles. The number of rotatable bonds is 5. The molecule has 0 fully saturated rings. The summed E-state index contributed by atoms with van der Waals surface area (Å²) >= 11 is 0. The summed E-state index contributed by atoms with van der Waals surface area (Å²) in [4.78, 5) is 4.43. The first-order valence-corrected chi connectivity index (χ1v) is 6.48. The summed E-state index contributed by atoms with van der Waals surface area (Å²) in [5.74, 6) is 1.23. The van der Waals surface area contributed by atoms with Gasteiger partial charge in [0.25, 0.3) is 0 Å². The Labute approximate surface area is 109 Å².